The van der Waals surface area contributed by atoms with E-state index in [9.17, 15) is 18.0 Å². The lowest BCUT2D eigenvalue weighted by Gasteiger charge is -2.23. The third kappa shape index (κ3) is 4.65. The Morgan fingerprint density at radius 2 is 1.68 bits per heavy atom. The van der Waals surface area contributed by atoms with Crippen LogP contribution in [0.4, 0.5) is 5.69 Å². The number of benzene rings is 2. The van der Waals surface area contributed by atoms with Gasteiger partial charge in [-0.05, 0) is 56.5 Å². The lowest BCUT2D eigenvalue weighted by molar-refractivity contribution is 0.0927. The van der Waals surface area contributed by atoms with Gasteiger partial charge in [0.1, 0.15) is 5.69 Å². The van der Waals surface area contributed by atoms with E-state index in [2.05, 4.69) is 10.0 Å². The van der Waals surface area contributed by atoms with E-state index < -0.39 is 15.6 Å². The van der Waals surface area contributed by atoms with Crippen LogP contribution in [0.25, 0.3) is 5.69 Å². The maximum Gasteiger partial charge on any atom is 0.296 e. The second-order valence-corrected chi connectivity index (χ2v) is 10.5. The number of carbonyl (C=O) groups is 1. The Hall–Kier alpha value is -3.33. The summed E-state index contributed by atoms with van der Waals surface area (Å²) in [5.74, 6) is -0.274. The van der Waals surface area contributed by atoms with Crippen LogP contribution >= 0.6 is 0 Å². The number of aryl methyl sites for hydroxylation is 1. The molecular formula is C25H30N4O4S. The summed E-state index contributed by atoms with van der Waals surface area (Å²) in [6.45, 7) is 3.45. The monoisotopic (exact) mass is 482 g/mol. The third-order valence-corrected chi connectivity index (χ3v) is 7.84. The topological polar surface area (TPSA) is 102 Å². The van der Waals surface area contributed by atoms with Crippen LogP contribution in [-0.2, 0) is 17.1 Å². The second kappa shape index (κ2) is 9.50. The normalized spacial score (nSPS) is 14.7. The zero-order chi connectivity index (χ0) is 24.5. The van der Waals surface area contributed by atoms with Gasteiger partial charge in [-0.3, -0.25) is 19.0 Å². The van der Waals surface area contributed by atoms with Gasteiger partial charge < -0.3 is 5.32 Å². The van der Waals surface area contributed by atoms with E-state index in [4.69, 9.17) is 0 Å². The van der Waals surface area contributed by atoms with Crippen LogP contribution in [0.3, 0.4) is 0 Å². The molecule has 1 aliphatic carbocycles. The Balaban J connectivity index is 1.64. The van der Waals surface area contributed by atoms with Gasteiger partial charge in [-0.2, -0.15) is 0 Å². The predicted molar refractivity (Wildman–Crippen MR) is 132 cm³/mol. The number of carbonyl (C=O) groups excluding carboxylic acids is 1. The Bertz CT molecular complexity index is 1370. The Morgan fingerprint density at radius 1 is 1.00 bits per heavy atom. The lowest BCUT2D eigenvalue weighted by atomic mass is 9.95. The van der Waals surface area contributed by atoms with Crippen LogP contribution in [0.2, 0.25) is 0 Å². The van der Waals surface area contributed by atoms with Crippen LogP contribution in [-0.4, -0.2) is 29.7 Å². The number of hydrogen-bond acceptors (Lipinski definition) is 4. The minimum atomic E-state index is -4.11. The zero-order valence-corrected chi connectivity index (χ0v) is 20.5. The highest BCUT2D eigenvalue weighted by Crippen LogP contribution is 2.22. The molecule has 0 aliphatic heterocycles. The quantitative estimate of drug-likeness (QED) is 0.560. The first-order valence-corrected chi connectivity index (χ1v) is 13.0. The zero-order valence-electron chi connectivity index (χ0n) is 19.7. The summed E-state index contributed by atoms with van der Waals surface area (Å²) in [5, 5.41) is 3.04. The van der Waals surface area contributed by atoms with E-state index in [0.29, 0.717) is 22.5 Å². The molecule has 1 heterocycles. The molecule has 1 aliphatic rings. The average molecular weight is 483 g/mol. The molecule has 34 heavy (non-hydrogen) atoms. The smallest absolute Gasteiger partial charge is 0.296 e. The first-order valence-electron chi connectivity index (χ1n) is 11.5. The fraction of sp³-hybridized carbons (Fsp3) is 0.360. The Morgan fingerprint density at radius 3 is 2.35 bits per heavy atom. The Labute approximate surface area is 199 Å². The van der Waals surface area contributed by atoms with Crippen molar-refractivity contribution in [2.75, 3.05) is 4.72 Å². The molecule has 0 spiro atoms. The number of hydrogen-bond donors (Lipinski definition) is 2. The molecule has 4 rings (SSSR count). The standard InChI is InChI=1S/C25H30N4O4S/c1-17-14-15-21(16-22(17)24(30)26-19-10-6-4-7-11-19)34(32,33)27-23-18(2)28(3)29(25(23)31)20-12-8-5-9-13-20/h5,8-9,12-16,19,27H,4,6-7,10-11H2,1-3H3,(H,26,30). The second-order valence-electron chi connectivity index (χ2n) is 8.83. The van der Waals surface area contributed by atoms with E-state index in [1.54, 1.807) is 55.9 Å². The van der Waals surface area contributed by atoms with Crippen molar-refractivity contribution in [1.82, 2.24) is 14.7 Å². The molecule has 1 saturated carbocycles. The number of para-hydroxylation sites is 1. The highest BCUT2D eigenvalue weighted by molar-refractivity contribution is 7.92. The number of aromatic nitrogens is 2. The third-order valence-electron chi connectivity index (χ3n) is 6.49. The molecule has 9 heteroatoms. The van der Waals surface area contributed by atoms with Gasteiger partial charge in [0.05, 0.1) is 16.3 Å². The molecule has 0 atom stereocenters. The van der Waals surface area contributed by atoms with Crippen molar-refractivity contribution in [3.63, 3.8) is 0 Å². The predicted octanol–water partition coefficient (Wildman–Crippen LogP) is 3.66. The molecule has 1 fully saturated rings. The van der Waals surface area contributed by atoms with Gasteiger partial charge in [0, 0.05) is 18.7 Å². The molecule has 0 saturated heterocycles. The molecule has 2 aromatic carbocycles. The van der Waals surface area contributed by atoms with Gasteiger partial charge in [0.2, 0.25) is 0 Å². The number of nitrogens with zero attached hydrogens (tertiary/aromatic N) is 2. The van der Waals surface area contributed by atoms with Gasteiger partial charge in [-0.1, -0.05) is 43.5 Å². The van der Waals surface area contributed by atoms with Crippen molar-refractivity contribution >= 4 is 21.6 Å². The summed E-state index contributed by atoms with van der Waals surface area (Å²) < 4.78 is 31.9. The largest absolute Gasteiger partial charge is 0.349 e. The fourth-order valence-electron chi connectivity index (χ4n) is 4.40. The number of rotatable bonds is 6. The number of amides is 1. The number of sulfonamides is 1. The van der Waals surface area contributed by atoms with Gasteiger partial charge in [-0.15, -0.1) is 0 Å². The number of anilines is 1. The molecule has 1 amide bonds. The summed E-state index contributed by atoms with van der Waals surface area (Å²) in [4.78, 5) is 26.0. The maximum atomic E-state index is 13.2. The van der Waals surface area contributed by atoms with Crippen LogP contribution in [0, 0.1) is 13.8 Å². The molecule has 180 valence electrons. The van der Waals surface area contributed by atoms with Crippen molar-refractivity contribution in [2.45, 2.75) is 56.9 Å². The fourth-order valence-corrected chi connectivity index (χ4v) is 5.54. The number of nitrogens with one attached hydrogen (secondary N) is 2. The first-order chi connectivity index (χ1) is 16.2. The van der Waals surface area contributed by atoms with Gasteiger partial charge in [0.15, 0.2) is 0 Å². The summed E-state index contributed by atoms with van der Waals surface area (Å²) in [6.07, 6.45) is 5.21. The van der Waals surface area contributed by atoms with E-state index >= 15 is 0 Å². The van der Waals surface area contributed by atoms with E-state index in [1.807, 2.05) is 6.07 Å². The molecule has 0 unspecified atom stereocenters. The van der Waals surface area contributed by atoms with E-state index in [1.165, 1.54) is 23.2 Å². The molecule has 3 aromatic rings. The SMILES string of the molecule is Cc1ccc(S(=O)(=O)Nc2c(C)n(C)n(-c3ccccc3)c2=O)cc1C(=O)NC1CCCCC1. The molecule has 8 nitrogen and oxygen atoms in total. The van der Waals surface area contributed by atoms with Crippen molar-refractivity contribution in [1.29, 1.82) is 0 Å². The summed E-state index contributed by atoms with van der Waals surface area (Å²) in [6, 6.07) is 13.6. The van der Waals surface area contributed by atoms with Gasteiger partial charge in [-0.25, -0.2) is 13.1 Å². The summed E-state index contributed by atoms with van der Waals surface area (Å²) in [5.41, 5.74) is 1.60. The van der Waals surface area contributed by atoms with Gasteiger partial charge >= 0.3 is 0 Å². The average Bonchev–Trinajstić information content (AvgIpc) is 3.03. The molecule has 1 aromatic heterocycles. The maximum absolute atomic E-state index is 13.2. The van der Waals surface area contributed by atoms with E-state index in [0.717, 1.165) is 25.7 Å². The van der Waals surface area contributed by atoms with Crippen LogP contribution in [0.1, 0.15) is 53.7 Å². The van der Waals surface area contributed by atoms with Crippen LogP contribution < -0.4 is 15.6 Å². The minimum absolute atomic E-state index is 0.0277. The van der Waals surface area contributed by atoms with Crippen molar-refractivity contribution in [3.05, 3.63) is 75.7 Å². The summed E-state index contributed by atoms with van der Waals surface area (Å²) in [7, 11) is -2.41. The molecular weight excluding hydrogens is 452 g/mol. The summed E-state index contributed by atoms with van der Waals surface area (Å²) >= 11 is 0. The van der Waals surface area contributed by atoms with Gasteiger partial charge in [0.25, 0.3) is 21.5 Å². The van der Waals surface area contributed by atoms with Crippen LogP contribution in [0.15, 0.2) is 58.2 Å². The molecule has 0 bridgehead atoms. The van der Waals surface area contributed by atoms with E-state index in [-0.39, 0.29) is 22.5 Å². The highest BCUT2D eigenvalue weighted by Gasteiger charge is 2.24. The van der Waals surface area contributed by atoms with Crippen molar-refractivity contribution in [2.24, 2.45) is 7.05 Å². The van der Waals surface area contributed by atoms with Crippen LogP contribution in [0.5, 0.6) is 0 Å². The highest BCUT2D eigenvalue weighted by atomic mass is 32.2. The minimum Gasteiger partial charge on any atom is -0.349 e. The first kappa shape index (κ1) is 23.8. The Kier molecular flexibility index (Phi) is 6.65. The molecule has 2 N–H and O–H groups in total. The van der Waals surface area contributed by atoms with Crippen molar-refractivity contribution in [3.8, 4) is 5.69 Å². The molecule has 0 radical (unpaired) electrons. The lowest BCUT2D eigenvalue weighted by Crippen LogP contribution is -2.36. The van der Waals surface area contributed by atoms with Crippen molar-refractivity contribution < 1.29 is 13.2 Å².